The van der Waals surface area contributed by atoms with Crippen LogP contribution < -0.4 is 0 Å². The van der Waals surface area contributed by atoms with Crippen LogP contribution in [0.4, 0.5) is 0 Å². The Bertz CT molecular complexity index is 68.0. The van der Waals surface area contributed by atoms with Crippen molar-refractivity contribution in [3.05, 3.63) is 0 Å². The molecule has 11 heavy (non-hydrogen) atoms. The highest BCUT2D eigenvalue weighted by Crippen LogP contribution is 2.06. The zero-order valence-electron chi connectivity index (χ0n) is 8.53. The van der Waals surface area contributed by atoms with Gasteiger partial charge in [0, 0.05) is 0 Å². The minimum atomic E-state index is 1.03. The van der Waals surface area contributed by atoms with Gasteiger partial charge >= 0.3 is 0 Å². The van der Waals surface area contributed by atoms with Gasteiger partial charge in [-0.3, -0.25) is 0 Å². The first-order valence-electron chi connectivity index (χ1n) is 5.35. The number of rotatable bonds is 7. The van der Waals surface area contributed by atoms with Crippen molar-refractivity contribution >= 4 is 13.8 Å². The van der Waals surface area contributed by atoms with Crippen molar-refractivity contribution < 1.29 is 0 Å². The quantitative estimate of drug-likeness (QED) is 0.491. The van der Waals surface area contributed by atoms with Crippen LogP contribution in [-0.2, 0) is 0 Å². The Balaban J connectivity index is 3.34. The zero-order valence-corrected chi connectivity index (χ0v) is 8.53. The lowest BCUT2D eigenvalue weighted by molar-refractivity contribution is 1.01. The Morgan fingerprint density at radius 1 is 0.909 bits per heavy atom. The van der Waals surface area contributed by atoms with E-state index in [0.29, 0.717) is 0 Å². The first-order chi connectivity index (χ1) is 5.35. The largest absolute Gasteiger partial charge is 0.105 e. The maximum atomic E-state index is 2.30. The van der Waals surface area contributed by atoms with Crippen LogP contribution in [0.3, 0.4) is 0 Å². The minimum Gasteiger partial charge on any atom is -0.0844 e. The second-order valence-corrected chi connectivity index (χ2v) is 3.59. The average Bonchev–Trinajstić information content (AvgIpc) is 2.01. The van der Waals surface area contributed by atoms with Gasteiger partial charge in [-0.25, -0.2) is 0 Å². The van der Waals surface area contributed by atoms with Crippen LogP contribution in [0.1, 0.15) is 40.0 Å². The maximum absolute atomic E-state index is 2.30. The number of hydrogen-bond donors (Lipinski definition) is 0. The summed E-state index contributed by atoms with van der Waals surface area (Å²) in [6.07, 6.45) is 8.44. The van der Waals surface area contributed by atoms with Gasteiger partial charge in [0.25, 0.3) is 0 Å². The SMILES string of the molecule is CCCBB(CCC)CCC. The van der Waals surface area contributed by atoms with Crippen LogP contribution >= 0.6 is 0 Å². The highest BCUT2D eigenvalue weighted by molar-refractivity contribution is 7.12. The molecule has 2 heteroatoms. The van der Waals surface area contributed by atoms with E-state index in [4.69, 9.17) is 0 Å². The van der Waals surface area contributed by atoms with Gasteiger partial charge in [0.1, 0.15) is 6.60 Å². The fraction of sp³-hybridized carbons (Fsp3) is 1.00. The van der Waals surface area contributed by atoms with Gasteiger partial charge in [0.15, 0.2) is 0 Å². The van der Waals surface area contributed by atoms with E-state index < -0.39 is 0 Å². The fourth-order valence-corrected chi connectivity index (χ4v) is 1.74. The molecule has 0 aliphatic heterocycles. The fourth-order valence-electron chi connectivity index (χ4n) is 1.74. The van der Waals surface area contributed by atoms with Gasteiger partial charge in [-0.15, -0.1) is 0 Å². The molecule has 0 rings (SSSR count). The van der Waals surface area contributed by atoms with Crippen molar-refractivity contribution in [1.29, 1.82) is 0 Å². The van der Waals surface area contributed by atoms with Gasteiger partial charge in [0.05, 0.1) is 7.17 Å². The molecule has 0 fully saturated rings. The first-order valence-corrected chi connectivity index (χ1v) is 5.35. The summed E-state index contributed by atoms with van der Waals surface area (Å²) in [5.74, 6) is 0. The molecule has 0 aromatic heterocycles. The topological polar surface area (TPSA) is 0 Å². The molecule has 0 amide bonds. The van der Waals surface area contributed by atoms with Gasteiger partial charge in [-0.1, -0.05) is 59.0 Å². The van der Waals surface area contributed by atoms with Crippen LogP contribution in [-0.4, -0.2) is 13.8 Å². The molecule has 0 aliphatic rings. The summed E-state index contributed by atoms with van der Waals surface area (Å²) in [6.45, 7) is 7.92. The molecule has 0 aromatic carbocycles. The summed E-state index contributed by atoms with van der Waals surface area (Å²) in [6, 6.07) is 0. The third kappa shape index (κ3) is 6.52. The Kier molecular flexibility index (Phi) is 8.33. The van der Waals surface area contributed by atoms with Crippen molar-refractivity contribution in [2.75, 3.05) is 0 Å². The highest BCUT2D eigenvalue weighted by Gasteiger charge is 2.10. The van der Waals surface area contributed by atoms with Crippen LogP contribution in [0.25, 0.3) is 0 Å². The molecule has 0 bridgehead atoms. The standard InChI is InChI=1S/C9H22B2/c1-4-7-10-11(8-5-2)9-6-3/h10H,4-9H2,1-3H3. The summed E-state index contributed by atoms with van der Waals surface area (Å²) in [4.78, 5) is 0. The van der Waals surface area contributed by atoms with Gasteiger partial charge in [-0.2, -0.15) is 0 Å². The lowest BCUT2D eigenvalue weighted by Gasteiger charge is -2.08. The predicted molar refractivity (Wildman–Crippen MR) is 58.2 cm³/mol. The summed E-state index contributed by atoms with van der Waals surface area (Å²) < 4.78 is 0. The van der Waals surface area contributed by atoms with Crippen molar-refractivity contribution in [2.45, 2.75) is 59.0 Å². The summed E-state index contributed by atoms with van der Waals surface area (Å²) in [7, 11) is 1.47. The first kappa shape index (κ1) is 11.1. The second-order valence-electron chi connectivity index (χ2n) is 3.59. The zero-order chi connectivity index (χ0) is 8.53. The molecule has 0 atom stereocenters. The van der Waals surface area contributed by atoms with E-state index in [2.05, 4.69) is 20.8 Å². The van der Waals surface area contributed by atoms with E-state index in [1.165, 1.54) is 45.4 Å². The Morgan fingerprint density at radius 3 is 1.82 bits per heavy atom. The normalized spacial score (nSPS) is 9.73. The van der Waals surface area contributed by atoms with E-state index in [0.717, 1.165) is 6.60 Å². The molecule has 0 saturated heterocycles. The monoisotopic (exact) mass is 152 g/mol. The predicted octanol–water partition coefficient (Wildman–Crippen LogP) is 3.06. The Labute approximate surface area is 73.5 Å². The maximum Gasteiger partial charge on any atom is 0.105 e. The molecule has 0 saturated carbocycles. The van der Waals surface area contributed by atoms with E-state index in [1.807, 2.05) is 0 Å². The van der Waals surface area contributed by atoms with Gasteiger partial charge in [0.2, 0.25) is 0 Å². The molecular weight excluding hydrogens is 130 g/mol. The molecule has 0 unspecified atom stereocenters. The van der Waals surface area contributed by atoms with Crippen molar-refractivity contribution in [2.24, 2.45) is 0 Å². The van der Waals surface area contributed by atoms with Crippen LogP contribution in [0.5, 0.6) is 0 Å². The average molecular weight is 152 g/mol. The van der Waals surface area contributed by atoms with E-state index in [-0.39, 0.29) is 0 Å². The minimum absolute atomic E-state index is 1.03. The van der Waals surface area contributed by atoms with Crippen LogP contribution in [0, 0.1) is 0 Å². The van der Waals surface area contributed by atoms with E-state index >= 15 is 0 Å². The summed E-state index contributed by atoms with van der Waals surface area (Å²) in [5, 5.41) is 0. The van der Waals surface area contributed by atoms with Gasteiger partial charge < -0.3 is 0 Å². The van der Waals surface area contributed by atoms with E-state index in [1.54, 1.807) is 0 Å². The summed E-state index contributed by atoms with van der Waals surface area (Å²) >= 11 is 0. The molecule has 0 radical (unpaired) electrons. The third-order valence-electron chi connectivity index (χ3n) is 2.36. The van der Waals surface area contributed by atoms with E-state index in [9.17, 15) is 0 Å². The van der Waals surface area contributed by atoms with Crippen molar-refractivity contribution in [3.63, 3.8) is 0 Å². The molecule has 0 aliphatic carbocycles. The lowest BCUT2D eigenvalue weighted by atomic mass is 9.18. The van der Waals surface area contributed by atoms with Crippen molar-refractivity contribution in [1.82, 2.24) is 0 Å². The molecule has 0 spiro atoms. The molecule has 64 valence electrons. The third-order valence-corrected chi connectivity index (χ3v) is 2.36. The highest BCUT2D eigenvalue weighted by atomic mass is 13.7. The molecule has 0 nitrogen and oxygen atoms in total. The second kappa shape index (κ2) is 8.23. The van der Waals surface area contributed by atoms with Crippen molar-refractivity contribution in [3.8, 4) is 0 Å². The molecule has 0 heterocycles. The molecular formula is C9H22B2. The molecule has 0 aromatic rings. The van der Waals surface area contributed by atoms with Crippen LogP contribution in [0.15, 0.2) is 0 Å². The van der Waals surface area contributed by atoms with Crippen LogP contribution in [0.2, 0.25) is 19.0 Å². The molecule has 0 N–H and O–H groups in total. The lowest BCUT2D eigenvalue weighted by Crippen LogP contribution is -2.20. The smallest absolute Gasteiger partial charge is 0.0844 e. The Morgan fingerprint density at radius 2 is 1.45 bits per heavy atom. The number of hydrogen-bond acceptors (Lipinski definition) is 0. The Hall–Kier alpha value is 0.130. The van der Waals surface area contributed by atoms with Gasteiger partial charge in [-0.05, 0) is 0 Å². The summed E-state index contributed by atoms with van der Waals surface area (Å²) in [5.41, 5.74) is 0.